The van der Waals surface area contributed by atoms with Crippen LogP contribution in [0.15, 0.2) is 40.3 Å². The van der Waals surface area contributed by atoms with Crippen LogP contribution in [0.25, 0.3) is 0 Å². The van der Waals surface area contributed by atoms with Crippen LogP contribution in [0, 0.1) is 6.92 Å². The van der Waals surface area contributed by atoms with Gasteiger partial charge in [-0.1, -0.05) is 51.5 Å². The van der Waals surface area contributed by atoms with Crippen molar-refractivity contribution in [2.24, 2.45) is 9.98 Å². The minimum Gasteiger partial charge on any atom is -0.285 e. The molecule has 0 bridgehead atoms. The van der Waals surface area contributed by atoms with Gasteiger partial charge in [0.15, 0.2) is 0 Å². The first-order valence-electron chi connectivity index (χ1n) is 9.77. The summed E-state index contributed by atoms with van der Waals surface area (Å²) in [6.45, 7) is 17.3. The Bertz CT molecular complexity index is 808. The van der Waals surface area contributed by atoms with E-state index < -0.39 is 0 Å². The fraction of sp³-hybridized carbons (Fsp3) is 0.458. The Morgan fingerprint density at radius 2 is 1.41 bits per heavy atom. The zero-order valence-electron chi connectivity index (χ0n) is 18.0. The van der Waals surface area contributed by atoms with Gasteiger partial charge in [0.05, 0.1) is 28.8 Å². The molecule has 1 aromatic heterocycles. The minimum atomic E-state index is -0.105. The Hall–Kier alpha value is -2.29. The molecule has 0 radical (unpaired) electrons. The third-order valence-electron chi connectivity index (χ3n) is 4.26. The number of hydrogen-bond acceptors (Lipinski definition) is 3. The maximum absolute atomic E-state index is 4.88. The van der Waals surface area contributed by atoms with Gasteiger partial charge in [0.1, 0.15) is 0 Å². The van der Waals surface area contributed by atoms with Crippen LogP contribution in [-0.2, 0) is 0 Å². The second kappa shape index (κ2) is 8.60. The van der Waals surface area contributed by atoms with E-state index >= 15 is 0 Å². The lowest BCUT2D eigenvalue weighted by molar-refractivity contribution is 0.586. The van der Waals surface area contributed by atoms with Crippen LogP contribution in [0.2, 0.25) is 0 Å². The molecule has 0 amide bonds. The summed E-state index contributed by atoms with van der Waals surface area (Å²) >= 11 is 0. The number of aromatic nitrogens is 1. The second-order valence-electron chi connectivity index (χ2n) is 8.78. The first-order chi connectivity index (χ1) is 12.6. The van der Waals surface area contributed by atoms with Gasteiger partial charge in [-0.25, -0.2) is 4.98 Å². The number of pyridine rings is 1. The summed E-state index contributed by atoms with van der Waals surface area (Å²) in [7, 11) is 0. The molecule has 1 aromatic carbocycles. The number of hydrogen-bond donors (Lipinski definition) is 0. The third kappa shape index (κ3) is 6.13. The maximum atomic E-state index is 4.88. The van der Waals surface area contributed by atoms with Gasteiger partial charge in [0, 0.05) is 6.21 Å². The first-order valence-corrected chi connectivity index (χ1v) is 9.77. The summed E-state index contributed by atoms with van der Waals surface area (Å²) in [5, 5.41) is 0. The summed E-state index contributed by atoms with van der Waals surface area (Å²) in [6, 6.07) is 10.5. The Morgan fingerprint density at radius 3 is 1.89 bits per heavy atom. The van der Waals surface area contributed by atoms with Gasteiger partial charge < -0.3 is 0 Å². The Kier molecular flexibility index (Phi) is 6.69. The van der Waals surface area contributed by atoms with E-state index in [0.29, 0.717) is 11.8 Å². The number of benzene rings is 1. The Morgan fingerprint density at radius 1 is 0.889 bits per heavy atom. The fourth-order valence-electron chi connectivity index (χ4n) is 2.87. The molecule has 2 rings (SSSR count). The normalized spacial score (nSPS) is 12.8. The van der Waals surface area contributed by atoms with Crippen molar-refractivity contribution in [3.63, 3.8) is 0 Å². The van der Waals surface area contributed by atoms with E-state index in [-0.39, 0.29) is 5.54 Å². The van der Waals surface area contributed by atoms with E-state index in [2.05, 4.69) is 77.5 Å². The van der Waals surface area contributed by atoms with Crippen molar-refractivity contribution in [3.05, 3.63) is 58.4 Å². The van der Waals surface area contributed by atoms with Crippen molar-refractivity contribution in [1.82, 2.24) is 4.98 Å². The SMILES string of the molecule is Cc1cc(C(C)C)c(/N=C/c2cccc(/C=N/C(C)(C)C)n2)c(C(C)C)c1. The molecule has 0 unspecified atom stereocenters. The van der Waals surface area contributed by atoms with E-state index in [1.54, 1.807) is 0 Å². The van der Waals surface area contributed by atoms with Crippen LogP contribution in [0.3, 0.4) is 0 Å². The molecular weight excluding hydrogens is 330 g/mol. The number of nitrogens with zero attached hydrogens (tertiary/aromatic N) is 3. The predicted octanol–water partition coefficient (Wildman–Crippen LogP) is 6.60. The van der Waals surface area contributed by atoms with Crippen LogP contribution in [0.5, 0.6) is 0 Å². The number of rotatable bonds is 5. The highest BCUT2D eigenvalue weighted by Gasteiger charge is 2.14. The molecule has 27 heavy (non-hydrogen) atoms. The smallest absolute Gasteiger partial charge is 0.0820 e. The first kappa shape index (κ1) is 21.0. The molecule has 0 saturated carbocycles. The zero-order chi connectivity index (χ0) is 20.2. The van der Waals surface area contributed by atoms with E-state index in [1.165, 1.54) is 16.7 Å². The highest BCUT2D eigenvalue weighted by Crippen LogP contribution is 2.35. The van der Waals surface area contributed by atoms with Crippen LogP contribution < -0.4 is 0 Å². The van der Waals surface area contributed by atoms with Gasteiger partial charge in [-0.2, -0.15) is 0 Å². The second-order valence-corrected chi connectivity index (χ2v) is 8.78. The lowest BCUT2D eigenvalue weighted by atomic mass is 9.91. The summed E-state index contributed by atoms with van der Waals surface area (Å²) in [6.07, 6.45) is 3.71. The van der Waals surface area contributed by atoms with E-state index in [9.17, 15) is 0 Å². The van der Waals surface area contributed by atoms with Gasteiger partial charge in [-0.3, -0.25) is 9.98 Å². The van der Waals surface area contributed by atoms with Gasteiger partial charge in [-0.15, -0.1) is 0 Å². The molecule has 0 fully saturated rings. The molecule has 0 aliphatic rings. The van der Waals surface area contributed by atoms with E-state index in [0.717, 1.165) is 17.1 Å². The van der Waals surface area contributed by atoms with Crippen molar-refractivity contribution < 1.29 is 0 Å². The van der Waals surface area contributed by atoms with E-state index in [1.807, 2.05) is 30.6 Å². The van der Waals surface area contributed by atoms with Crippen molar-refractivity contribution >= 4 is 18.1 Å². The molecule has 0 aliphatic heterocycles. The highest BCUT2D eigenvalue weighted by atomic mass is 14.8. The van der Waals surface area contributed by atoms with Crippen molar-refractivity contribution in [1.29, 1.82) is 0 Å². The average Bonchev–Trinajstić information content (AvgIpc) is 2.57. The molecule has 3 nitrogen and oxygen atoms in total. The quantitative estimate of drug-likeness (QED) is 0.551. The van der Waals surface area contributed by atoms with Crippen molar-refractivity contribution in [3.8, 4) is 0 Å². The monoisotopic (exact) mass is 363 g/mol. The Labute approximate surface area is 164 Å². The zero-order valence-corrected chi connectivity index (χ0v) is 18.0. The molecule has 2 aromatic rings. The molecule has 1 heterocycles. The van der Waals surface area contributed by atoms with Gasteiger partial charge in [-0.05, 0) is 62.8 Å². The van der Waals surface area contributed by atoms with Crippen LogP contribution >= 0.6 is 0 Å². The molecule has 144 valence electrons. The van der Waals surface area contributed by atoms with E-state index in [4.69, 9.17) is 4.99 Å². The Balaban J connectivity index is 2.42. The predicted molar refractivity (Wildman–Crippen MR) is 118 cm³/mol. The molecule has 0 N–H and O–H groups in total. The summed E-state index contributed by atoms with van der Waals surface area (Å²) < 4.78 is 0. The van der Waals surface area contributed by atoms with Crippen LogP contribution in [-0.4, -0.2) is 23.0 Å². The largest absolute Gasteiger partial charge is 0.285 e. The summed E-state index contributed by atoms with van der Waals surface area (Å²) in [5.74, 6) is 0.848. The van der Waals surface area contributed by atoms with Gasteiger partial charge in [0.2, 0.25) is 0 Å². The van der Waals surface area contributed by atoms with Gasteiger partial charge >= 0.3 is 0 Å². The highest BCUT2D eigenvalue weighted by molar-refractivity contribution is 5.84. The average molecular weight is 364 g/mol. The maximum Gasteiger partial charge on any atom is 0.0820 e. The molecule has 0 saturated heterocycles. The van der Waals surface area contributed by atoms with Gasteiger partial charge in [0.25, 0.3) is 0 Å². The molecule has 0 aliphatic carbocycles. The van der Waals surface area contributed by atoms with Crippen molar-refractivity contribution in [2.45, 2.75) is 72.8 Å². The standard InChI is InChI=1S/C24H33N3/c1-16(2)21-12-18(5)13-22(17(3)4)23(21)25-14-19-10-9-11-20(27-19)15-26-24(6,7)8/h9-17H,1-8H3/b25-14+,26-15+. The molecular formula is C24H33N3. The fourth-order valence-corrected chi connectivity index (χ4v) is 2.87. The summed E-state index contributed by atoms with van der Waals surface area (Å²) in [4.78, 5) is 14.1. The number of aryl methyl sites for hydroxylation is 1. The third-order valence-corrected chi connectivity index (χ3v) is 4.26. The molecule has 3 heteroatoms. The minimum absolute atomic E-state index is 0.105. The molecule has 0 atom stereocenters. The lowest BCUT2D eigenvalue weighted by Gasteiger charge is -2.17. The summed E-state index contributed by atoms with van der Waals surface area (Å²) in [5.41, 5.74) is 6.55. The topological polar surface area (TPSA) is 37.6 Å². The molecule has 0 spiro atoms. The lowest BCUT2D eigenvalue weighted by Crippen LogP contribution is -2.10. The number of aliphatic imine (C=N–C) groups is 2. The van der Waals surface area contributed by atoms with Crippen LogP contribution in [0.4, 0.5) is 5.69 Å². The van der Waals surface area contributed by atoms with Crippen LogP contribution in [0.1, 0.15) is 88.4 Å². The van der Waals surface area contributed by atoms with Crippen molar-refractivity contribution in [2.75, 3.05) is 0 Å².